The van der Waals surface area contributed by atoms with Crippen molar-refractivity contribution in [2.45, 2.75) is 65.5 Å². The van der Waals surface area contributed by atoms with Crippen molar-refractivity contribution >= 4 is 0 Å². The standard InChI is InChI=1S/C11H24N2/c1-9(2)7-8-10(3,4)13(12)11(9,5)6/h7-8,12H2,1-6H3. The molecule has 0 saturated carbocycles. The zero-order valence-corrected chi connectivity index (χ0v) is 9.94. The average Bonchev–Trinajstić information content (AvgIpc) is 1.97. The lowest BCUT2D eigenvalue weighted by Crippen LogP contribution is -2.68. The lowest BCUT2D eigenvalue weighted by Gasteiger charge is -2.58. The predicted octanol–water partition coefficient (Wildman–Crippen LogP) is 2.54. The van der Waals surface area contributed by atoms with Gasteiger partial charge in [-0.1, -0.05) is 13.8 Å². The number of nitrogens with two attached hydrogens (primary N) is 1. The van der Waals surface area contributed by atoms with Crippen LogP contribution in [0.5, 0.6) is 0 Å². The molecule has 1 saturated heterocycles. The minimum atomic E-state index is 0.0781. The van der Waals surface area contributed by atoms with E-state index in [1.54, 1.807) is 0 Å². The van der Waals surface area contributed by atoms with Gasteiger partial charge in [-0.15, -0.1) is 0 Å². The van der Waals surface area contributed by atoms with E-state index in [-0.39, 0.29) is 11.1 Å². The molecule has 13 heavy (non-hydrogen) atoms. The molecule has 2 heteroatoms. The van der Waals surface area contributed by atoms with E-state index < -0.39 is 0 Å². The van der Waals surface area contributed by atoms with Gasteiger partial charge in [0.15, 0.2) is 0 Å². The Hall–Kier alpha value is -0.0800. The zero-order chi connectivity index (χ0) is 10.5. The Labute approximate surface area is 82.5 Å². The van der Waals surface area contributed by atoms with Crippen molar-refractivity contribution in [3.8, 4) is 0 Å². The van der Waals surface area contributed by atoms with Gasteiger partial charge in [0.05, 0.1) is 0 Å². The van der Waals surface area contributed by atoms with Crippen LogP contribution in [0.15, 0.2) is 0 Å². The maximum Gasteiger partial charge on any atom is 0.0352 e. The first-order chi connectivity index (χ1) is 5.61. The van der Waals surface area contributed by atoms with E-state index in [0.29, 0.717) is 5.41 Å². The second kappa shape index (κ2) is 2.71. The number of rotatable bonds is 0. The van der Waals surface area contributed by atoms with Crippen molar-refractivity contribution < 1.29 is 0 Å². The van der Waals surface area contributed by atoms with E-state index in [9.17, 15) is 0 Å². The molecular weight excluding hydrogens is 160 g/mol. The lowest BCUT2D eigenvalue weighted by molar-refractivity contribution is -0.104. The van der Waals surface area contributed by atoms with Crippen LogP contribution in [0.2, 0.25) is 0 Å². The third-order valence-corrected chi connectivity index (χ3v) is 4.27. The molecule has 0 spiro atoms. The first-order valence-corrected chi connectivity index (χ1v) is 5.16. The van der Waals surface area contributed by atoms with Crippen molar-refractivity contribution in [3.63, 3.8) is 0 Å². The summed E-state index contributed by atoms with van der Waals surface area (Å²) in [4.78, 5) is 0. The molecule has 0 aromatic rings. The highest BCUT2D eigenvalue weighted by atomic mass is 15.5. The molecule has 1 rings (SSSR count). The van der Waals surface area contributed by atoms with Crippen molar-refractivity contribution in [1.29, 1.82) is 0 Å². The molecule has 2 N–H and O–H groups in total. The van der Waals surface area contributed by atoms with Gasteiger partial charge in [0.1, 0.15) is 0 Å². The Morgan fingerprint density at radius 2 is 1.38 bits per heavy atom. The topological polar surface area (TPSA) is 29.3 Å². The Bertz CT molecular complexity index is 204. The zero-order valence-electron chi connectivity index (χ0n) is 9.94. The summed E-state index contributed by atoms with van der Waals surface area (Å²) in [7, 11) is 0. The number of piperidine rings is 1. The molecule has 0 atom stereocenters. The SMILES string of the molecule is CC1(C)CCC(C)(C)C(C)(C)N1N. The van der Waals surface area contributed by atoms with Crippen LogP contribution in [0.3, 0.4) is 0 Å². The highest BCUT2D eigenvalue weighted by Gasteiger charge is 2.49. The summed E-state index contributed by atoms with van der Waals surface area (Å²) in [6, 6.07) is 0. The Morgan fingerprint density at radius 3 is 1.77 bits per heavy atom. The van der Waals surface area contributed by atoms with Crippen LogP contribution in [0.1, 0.15) is 54.4 Å². The van der Waals surface area contributed by atoms with E-state index in [1.165, 1.54) is 12.8 Å². The van der Waals surface area contributed by atoms with Crippen molar-refractivity contribution in [2.24, 2.45) is 11.3 Å². The first-order valence-electron chi connectivity index (χ1n) is 5.16. The van der Waals surface area contributed by atoms with Crippen LogP contribution in [-0.4, -0.2) is 16.1 Å². The Kier molecular flexibility index (Phi) is 2.29. The smallest absolute Gasteiger partial charge is 0.0352 e. The summed E-state index contributed by atoms with van der Waals surface area (Å²) in [6.07, 6.45) is 2.43. The van der Waals surface area contributed by atoms with Gasteiger partial charge in [-0.2, -0.15) is 0 Å². The minimum Gasteiger partial charge on any atom is -0.268 e. The third-order valence-electron chi connectivity index (χ3n) is 4.27. The molecule has 78 valence electrons. The number of hydrazine groups is 1. The fourth-order valence-electron chi connectivity index (χ4n) is 2.13. The molecule has 1 heterocycles. The maximum atomic E-state index is 6.20. The molecule has 0 aromatic heterocycles. The number of hydrogen-bond acceptors (Lipinski definition) is 2. The molecule has 0 amide bonds. The molecule has 1 aliphatic rings. The molecule has 0 aliphatic carbocycles. The van der Waals surface area contributed by atoms with Gasteiger partial charge in [0, 0.05) is 11.1 Å². The van der Waals surface area contributed by atoms with Crippen LogP contribution >= 0.6 is 0 Å². The lowest BCUT2D eigenvalue weighted by atomic mass is 9.64. The van der Waals surface area contributed by atoms with E-state index in [1.807, 2.05) is 5.01 Å². The van der Waals surface area contributed by atoms with Gasteiger partial charge in [0.25, 0.3) is 0 Å². The molecule has 0 unspecified atom stereocenters. The normalized spacial score (nSPS) is 31.6. The van der Waals surface area contributed by atoms with Gasteiger partial charge < -0.3 is 0 Å². The van der Waals surface area contributed by atoms with Gasteiger partial charge in [0.2, 0.25) is 0 Å². The van der Waals surface area contributed by atoms with Gasteiger partial charge >= 0.3 is 0 Å². The van der Waals surface area contributed by atoms with Crippen molar-refractivity contribution in [1.82, 2.24) is 5.01 Å². The second-order valence-electron chi connectivity index (χ2n) is 6.13. The van der Waals surface area contributed by atoms with Gasteiger partial charge in [-0.3, -0.25) is 5.84 Å². The molecule has 0 bridgehead atoms. The van der Waals surface area contributed by atoms with Gasteiger partial charge in [-0.25, -0.2) is 5.01 Å². The first kappa shape index (κ1) is 11.0. The van der Waals surface area contributed by atoms with Crippen LogP contribution < -0.4 is 5.84 Å². The van der Waals surface area contributed by atoms with E-state index in [0.717, 1.165) is 0 Å². The summed E-state index contributed by atoms with van der Waals surface area (Å²) >= 11 is 0. The van der Waals surface area contributed by atoms with Crippen molar-refractivity contribution in [2.75, 3.05) is 0 Å². The van der Waals surface area contributed by atoms with Crippen LogP contribution in [0.25, 0.3) is 0 Å². The van der Waals surface area contributed by atoms with E-state index in [2.05, 4.69) is 41.5 Å². The Morgan fingerprint density at radius 1 is 0.923 bits per heavy atom. The van der Waals surface area contributed by atoms with E-state index >= 15 is 0 Å². The second-order valence-corrected chi connectivity index (χ2v) is 6.13. The van der Waals surface area contributed by atoms with Crippen molar-refractivity contribution in [3.05, 3.63) is 0 Å². The monoisotopic (exact) mass is 184 g/mol. The van der Waals surface area contributed by atoms with E-state index in [4.69, 9.17) is 5.84 Å². The summed E-state index contributed by atoms with van der Waals surface area (Å²) in [6.45, 7) is 13.6. The molecular formula is C11H24N2. The van der Waals surface area contributed by atoms with Crippen LogP contribution in [0, 0.1) is 5.41 Å². The summed E-state index contributed by atoms with van der Waals surface area (Å²) < 4.78 is 0. The van der Waals surface area contributed by atoms with Crippen LogP contribution in [0.4, 0.5) is 0 Å². The maximum absolute atomic E-state index is 6.20. The summed E-state index contributed by atoms with van der Waals surface area (Å²) in [5, 5.41) is 2.05. The molecule has 1 fully saturated rings. The predicted molar refractivity (Wildman–Crippen MR) is 57.2 cm³/mol. The Balaban J connectivity index is 3.00. The van der Waals surface area contributed by atoms with Crippen LogP contribution in [-0.2, 0) is 0 Å². The fraction of sp³-hybridized carbons (Fsp3) is 1.00. The molecule has 0 radical (unpaired) electrons. The molecule has 0 aromatic carbocycles. The summed E-state index contributed by atoms with van der Waals surface area (Å²) in [5.74, 6) is 6.20. The average molecular weight is 184 g/mol. The minimum absolute atomic E-state index is 0.0781. The summed E-state index contributed by atoms with van der Waals surface area (Å²) in [5.41, 5.74) is 0.519. The molecule has 2 nitrogen and oxygen atoms in total. The molecule has 1 aliphatic heterocycles. The quantitative estimate of drug-likeness (QED) is 0.586. The number of hydrogen-bond donors (Lipinski definition) is 1. The third kappa shape index (κ3) is 1.50. The highest BCUT2D eigenvalue weighted by Crippen LogP contribution is 2.47. The van der Waals surface area contributed by atoms with Gasteiger partial charge in [-0.05, 0) is 46.0 Å². The number of nitrogens with zero attached hydrogens (tertiary/aromatic N) is 1. The largest absolute Gasteiger partial charge is 0.268 e. The highest BCUT2D eigenvalue weighted by molar-refractivity contribution is 5.03. The fourth-order valence-corrected chi connectivity index (χ4v) is 2.13.